The summed E-state index contributed by atoms with van der Waals surface area (Å²) in [5.74, 6) is 0. The fraction of sp³-hybridized carbons (Fsp3) is 0.625. The van der Waals surface area contributed by atoms with E-state index in [-0.39, 0.29) is 0 Å². The van der Waals surface area contributed by atoms with Gasteiger partial charge in [-0.1, -0.05) is 36.0 Å². The van der Waals surface area contributed by atoms with Crippen LogP contribution in [0.2, 0.25) is 10.0 Å². The molecule has 2 fully saturated rings. The molecule has 1 aliphatic heterocycles. The predicted octanol–water partition coefficient (Wildman–Crippen LogP) is 3.64. The molecule has 1 saturated heterocycles. The van der Waals surface area contributed by atoms with E-state index in [0.717, 1.165) is 31.2 Å². The third kappa shape index (κ3) is 3.65. The molecule has 0 bridgehead atoms. The molecule has 3 nitrogen and oxygen atoms in total. The Morgan fingerprint density at radius 1 is 1.00 bits per heavy atom. The fourth-order valence-electron chi connectivity index (χ4n) is 3.54. The molecule has 0 atom stereocenters. The van der Waals surface area contributed by atoms with Gasteiger partial charge in [-0.3, -0.25) is 9.80 Å². The quantitative estimate of drug-likeness (QED) is 0.860. The molecule has 2 aliphatic rings. The van der Waals surface area contributed by atoms with Crippen LogP contribution in [0, 0.1) is 0 Å². The number of rotatable bonds is 3. The summed E-state index contributed by atoms with van der Waals surface area (Å²) in [4.78, 5) is 5.15. The van der Waals surface area contributed by atoms with Crippen LogP contribution in [-0.2, 0) is 6.54 Å². The standard InChI is InChI=1S/C16H23Cl2N3/c17-14-9-12(10-15(18)16(14)19)11-20-5-7-21(8-6-20)13-3-1-2-4-13/h9-10,13H,1-8,11,19H2. The molecular weight excluding hydrogens is 305 g/mol. The highest BCUT2D eigenvalue weighted by Crippen LogP contribution is 2.30. The van der Waals surface area contributed by atoms with E-state index in [1.807, 2.05) is 12.1 Å². The normalized spacial score (nSPS) is 22.0. The molecule has 0 unspecified atom stereocenters. The first-order valence-corrected chi connectivity index (χ1v) is 8.59. The summed E-state index contributed by atoms with van der Waals surface area (Å²) in [7, 11) is 0. The van der Waals surface area contributed by atoms with Crippen molar-refractivity contribution in [2.75, 3.05) is 31.9 Å². The first-order chi connectivity index (χ1) is 10.1. The lowest BCUT2D eigenvalue weighted by molar-refractivity contribution is 0.0937. The smallest absolute Gasteiger partial charge is 0.0693 e. The number of hydrogen-bond acceptors (Lipinski definition) is 3. The average Bonchev–Trinajstić information content (AvgIpc) is 3.00. The number of anilines is 1. The van der Waals surface area contributed by atoms with Crippen molar-refractivity contribution in [2.24, 2.45) is 0 Å². The van der Waals surface area contributed by atoms with E-state index in [2.05, 4.69) is 9.80 Å². The molecule has 1 aromatic carbocycles. The van der Waals surface area contributed by atoms with Crippen LogP contribution in [0.4, 0.5) is 5.69 Å². The molecule has 1 heterocycles. The highest BCUT2D eigenvalue weighted by molar-refractivity contribution is 6.38. The maximum atomic E-state index is 6.11. The van der Waals surface area contributed by atoms with Crippen molar-refractivity contribution in [3.63, 3.8) is 0 Å². The molecule has 2 N–H and O–H groups in total. The van der Waals surface area contributed by atoms with Gasteiger partial charge in [-0.2, -0.15) is 0 Å². The van der Waals surface area contributed by atoms with Crippen LogP contribution in [0.25, 0.3) is 0 Å². The van der Waals surface area contributed by atoms with Crippen molar-refractivity contribution >= 4 is 28.9 Å². The topological polar surface area (TPSA) is 32.5 Å². The van der Waals surface area contributed by atoms with Gasteiger partial charge in [0.15, 0.2) is 0 Å². The Morgan fingerprint density at radius 2 is 1.57 bits per heavy atom. The summed E-state index contributed by atoms with van der Waals surface area (Å²) in [5, 5.41) is 1.11. The van der Waals surface area contributed by atoms with Crippen molar-refractivity contribution in [3.8, 4) is 0 Å². The lowest BCUT2D eigenvalue weighted by Crippen LogP contribution is -2.49. The number of nitrogens with two attached hydrogens (primary N) is 1. The average molecular weight is 328 g/mol. The van der Waals surface area contributed by atoms with E-state index < -0.39 is 0 Å². The van der Waals surface area contributed by atoms with Crippen LogP contribution in [0.1, 0.15) is 31.2 Å². The van der Waals surface area contributed by atoms with Crippen molar-refractivity contribution in [1.82, 2.24) is 9.80 Å². The molecule has 5 heteroatoms. The van der Waals surface area contributed by atoms with E-state index in [9.17, 15) is 0 Å². The van der Waals surface area contributed by atoms with Gasteiger partial charge in [0.2, 0.25) is 0 Å². The molecule has 0 radical (unpaired) electrons. The second-order valence-electron chi connectivity index (χ2n) is 6.22. The molecule has 1 aliphatic carbocycles. The third-order valence-corrected chi connectivity index (χ3v) is 5.42. The summed E-state index contributed by atoms with van der Waals surface area (Å²) in [6.45, 7) is 5.51. The highest BCUT2D eigenvalue weighted by Gasteiger charge is 2.26. The van der Waals surface area contributed by atoms with Gasteiger partial charge < -0.3 is 5.73 Å². The van der Waals surface area contributed by atoms with Crippen LogP contribution < -0.4 is 5.73 Å². The lowest BCUT2D eigenvalue weighted by Gasteiger charge is -2.38. The molecule has 0 spiro atoms. The van der Waals surface area contributed by atoms with E-state index in [0.29, 0.717) is 15.7 Å². The summed E-state index contributed by atoms with van der Waals surface area (Å²) in [5.41, 5.74) is 7.41. The first kappa shape index (κ1) is 15.4. The first-order valence-electron chi connectivity index (χ1n) is 7.83. The predicted molar refractivity (Wildman–Crippen MR) is 90.0 cm³/mol. The Balaban J connectivity index is 1.55. The van der Waals surface area contributed by atoms with Crippen LogP contribution in [-0.4, -0.2) is 42.0 Å². The van der Waals surface area contributed by atoms with Crippen LogP contribution in [0.15, 0.2) is 12.1 Å². The van der Waals surface area contributed by atoms with E-state index in [1.165, 1.54) is 38.8 Å². The van der Waals surface area contributed by atoms with Gasteiger partial charge in [-0.15, -0.1) is 0 Å². The second kappa shape index (κ2) is 6.74. The van der Waals surface area contributed by atoms with Gasteiger partial charge >= 0.3 is 0 Å². The van der Waals surface area contributed by atoms with Crippen molar-refractivity contribution < 1.29 is 0 Å². The van der Waals surface area contributed by atoms with Crippen molar-refractivity contribution in [3.05, 3.63) is 27.7 Å². The van der Waals surface area contributed by atoms with Crippen molar-refractivity contribution in [2.45, 2.75) is 38.3 Å². The zero-order valence-electron chi connectivity index (χ0n) is 12.3. The summed E-state index contributed by atoms with van der Waals surface area (Å²) in [6, 6.07) is 4.71. The van der Waals surface area contributed by atoms with Gasteiger partial charge in [-0.25, -0.2) is 0 Å². The Bertz CT molecular complexity index is 469. The Kier molecular flexibility index (Phi) is 4.95. The van der Waals surface area contributed by atoms with Crippen LogP contribution >= 0.6 is 23.2 Å². The molecule has 116 valence electrons. The van der Waals surface area contributed by atoms with E-state index in [4.69, 9.17) is 28.9 Å². The summed E-state index contributed by atoms with van der Waals surface area (Å²) < 4.78 is 0. The zero-order chi connectivity index (χ0) is 14.8. The van der Waals surface area contributed by atoms with Crippen LogP contribution in [0.3, 0.4) is 0 Å². The van der Waals surface area contributed by atoms with Gasteiger partial charge in [-0.05, 0) is 30.5 Å². The largest absolute Gasteiger partial charge is 0.396 e. The Labute approximate surface area is 137 Å². The minimum Gasteiger partial charge on any atom is -0.396 e. The number of nitrogens with zero attached hydrogens (tertiary/aromatic N) is 2. The summed E-state index contributed by atoms with van der Waals surface area (Å²) >= 11 is 12.2. The Morgan fingerprint density at radius 3 is 2.14 bits per heavy atom. The third-order valence-electron chi connectivity index (χ3n) is 4.79. The molecule has 0 aromatic heterocycles. The van der Waals surface area contributed by atoms with Gasteiger partial charge in [0.25, 0.3) is 0 Å². The SMILES string of the molecule is Nc1c(Cl)cc(CN2CCN(C3CCCC3)CC2)cc1Cl. The van der Waals surface area contributed by atoms with Crippen molar-refractivity contribution in [1.29, 1.82) is 0 Å². The molecule has 3 rings (SSSR count). The zero-order valence-corrected chi connectivity index (χ0v) is 13.8. The maximum absolute atomic E-state index is 6.11. The number of benzene rings is 1. The lowest BCUT2D eigenvalue weighted by atomic mass is 10.1. The minimum atomic E-state index is 0.480. The molecule has 0 amide bonds. The van der Waals surface area contributed by atoms with E-state index in [1.54, 1.807) is 0 Å². The molecular formula is C16H23Cl2N3. The number of halogens is 2. The molecule has 1 aromatic rings. The maximum Gasteiger partial charge on any atom is 0.0693 e. The molecule has 1 saturated carbocycles. The minimum absolute atomic E-state index is 0.480. The number of hydrogen-bond donors (Lipinski definition) is 1. The van der Waals surface area contributed by atoms with Crippen LogP contribution in [0.5, 0.6) is 0 Å². The second-order valence-corrected chi connectivity index (χ2v) is 7.04. The van der Waals surface area contributed by atoms with Gasteiger partial charge in [0, 0.05) is 38.8 Å². The fourth-order valence-corrected chi connectivity index (χ4v) is 4.07. The number of piperazine rings is 1. The van der Waals surface area contributed by atoms with Gasteiger partial charge in [0.05, 0.1) is 15.7 Å². The Hall–Kier alpha value is -0.480. The highest BCUT2D eigenvalue weighted by atomic mass is 35.5. The van der Waals surface area contributed by atoms with Gasteiger partial charge in [0.1, 0.15) is 0 Å². The number of nitrogen functional groups attached to an aromatic ring is 1. The monoisotopic (exact) mass is 327 g/mol. The van der Waals surface area contributed by atoms with E-state index >= 15 is 0 Å². The molecule has 21 heavy (non-hydrogen) atoms. The summed E-state index contributed by atoms with van der Waals surface area (Å²) in [6.07, 6.45) is 5.60.